The van der Waals surface area contributed by atoms with Gasteiger partial charge in [-0.15, -0.1) is 0 Å². The van der Waals surface area contributed by atoms with Crippen LogP contribution in [0.1, 0.15) is 13.3 Å². The maximum atomic E-state index is 13.6. The van der Waals surface area contributed by atoms with Crippen molar-refractivity contribution in [1.29, 1.82) is 0 Å². The summed E-state index contributed by atoms with van der Waals surface area (Å²) in [6.07, 6.45) is 0.117. The van der Waals surface area contributed by atoms with Gasteiger partial charge in [0, 0.05) is 24.7 Å². The highest BCUT2D eigenvalue weighted by atomic mass is 19.1. The number of nitrogens with one attached hydrogen (secondary N) is 2. The Morgan fingerprint density at radius 1 is 1.22 bits per heavy atom. The molecule has 27 heavy (non-hydrogen) atoms. The molecule has 1 fully saturated rings. The van der Waals surface area contributed by atoms with E-state index in [1.54, 1.807) is 29.2 Å². The molecular formula is C19H19F2N3O3. The van der Waals surface area contributed by atoms with E-state index in [4.69, 9.17) is 4.74 Å². The molecule has 0 aliphatic carbocycles. The molecule has 0 spiro atoms. The summed E-state index contributed by atoms with van der Waals surface area (Å²) in [4.78, 5) is 25.8. The van der Waals surface area contributed by atoms with Gasteiger partial charge in [0.05, 0.1) is 18.3 Å². The SMILES string of the molecule is CCOc1ccc(N2C[C@@H](NC(=O)Nc3cc(F)ccc3F)CC2=O)cc1. The third-order valence-electron chi connectivity index (χ3n) is 4.10. The van der Waals surface area contributed by atoms with Crippen LogP contribution in [0.2, 0.25) is 0 Å². The normalized spacial score (nSPS) is 16.3. The Hall–Kier alpha value is -3.16. The fraction of sp³-hybridized carbons (Fsp3) is 0.263. The maximum absolute atomic E-state index is 13.6. The van der Waals surface area contributed by atoms with Crippen LogP contribution >= 0.6 is 0 Å². The molecule has 2 N–H and O–H groups in total. The van der Waals surface area contributed by atoms with Crippen LogP contribution in [-0.4, -0.2) is 31.1 Å². The van der Waals surface area contributed by atoms with Gasteiger partial charge in [-0.05, 0) is 43.3 Å². The fourth-order valence-electron chi connectivity index (χ4n) is 2.88. The largest absolute Gasteiger partial charge is 0.494 e. The smallest absolute Gasteiger partial charge is 0.319 e. The van der Waals surface area contributed by atoms with Gasteiger partial charge in [-0.1, -0.05) is 0 Å². The molecule has 0 bridgehead atoms. The molecule has 2 aromatic carbocycles. The number of benzene rings is 2. The van der Waals surface area contributed by atoms with Gasteiger partial charge in [0.25, 0.3) is 0 Å². The van der Waals surface area contributed by atoms with Crippen molar-refractivity contribution < 1.29 is 23.1 Å². The molecule has 0 radical (unpaired) electrons. The number of urea groups is 1. The van der Waals surface area contributed by atoms with Gasteiger partial charge in [-0.3, -0.25) is 4.79 Å². The van der Waals surface area contributed by atoms with Gasteiger partial charge in [-0.25, -0.2) is 13.6 Å². The molecular weight excluding hydrogens is 356 g/mol. The number of carbonyl (C=O) groups is 2. The summed E-state index contributed by atoms with van der Waals surface area (Å²) in [5.41, 5.74) is 0.435. The van der Waals surface area contributed by atoms with Crippen molar-refractivity contribution in [3.63, 3.8) is 0 Å². The average Bonchev–Trinajstić information content (AvgIpc) is 2.99. The first kappa shape index (κ1) is 18.6. The number of hydrogen-bond donors (Lipinski definition) is 2. The number of anilines is 2. The van der Waals surface area contributed by atoms with Crippen molar-refractivity contribution in [2.75, 3.05) is 23.4 Å². The molecule has 0 saturated carbocycles. The van der Waals surface area contributed by atoms with Crippen LogP contribution in [-0.2, 0) is 4.79 Å². The average molecular weight is 375 g/mol. The van der Waals surface area contributed by atoms with Crippen molar-refractivity contribution >= 4 is 23.3 Å². The molecule has 142 valence electrons. The van der Waals surface area contributed by atoms with E-state index in [0.717, 1.165) is 18.2 Å². The second-order valence-electron chi connectivity index (χ2n) is 6.05. The zero-order chi connectivity index (χ0) is 19.4. The van der Waals surface area contributed by atoms with Crippen LogP contribution in [0.5, 0.6) is 5.75 Å². The van der Waals surface area contributed by atoms with Crippen molar-refractivity contribution in [2.24, 2.45) is 0 Å². The molecule has 1 aliphatic rings. The summed E-state index contributed by atoms with van der Waals surface area (Å²) in [6.45, 7) is 2.72. The van der Waals surface area contributed by atoms with E-state index in [1.807, 2.05) is 6.92 Å². The van der Waals surface area contributed by atoms with Crippen molar-refractivity contribution in [2.45, 2.75) is 19.4 Å². The fourth-order valence-corrected chi connectivity index (χ4v) is 2.88. The number of halogens is 2. The number of rotatable bonds is 5. The Morgan fingerprint density at radius 3 is 2.67 bits per heavy atom. The lowest BCUT2D eigenvalue weighted by molar-refractivity contribution is -0.117. The highest BCUT2D eigenvalue weighted by Crippen LogP contribution is 2.24. The molecule has 1 heterocycles. The van der Waals surface area contributed by atoms with E-state index < -0.39 is 23.7 Å². The van der Waals surface area contributed by atoms with E-state index in [1.165, 1.54) is 0 Å². The highest BCUT2D eigenvalue weighted by Gasteiger charge is 2.31. The molecule has 3 rings (SSSR count). The summed E-state index contributed by atoms with van der Waals surface area (Å²) in [5, 5.41) is 4.87. The summed E-state index contributed by atoms with van der Waals surface area (Å²) in [7, 11) is 0. The lowest BCUT2D eigenvalue weighted by Gasteiger charge is -2.18. The van der Waals surface area contributed by atoms with Crippen molar-refractivity contribution in [3.8, 4) is 5.75 Å². The quantitative estimate of drug-likeness (QED) is 0.843. The molecule has 6 nitrogen and oxygen atoms in total. The summed E-state index contributed by atoms with van der Waals surface area (Å²) in [5.74, 6) is -0.838. The van der Waals surface area contributed by atoms with E-state index in [9.17, 15) is 18.4 Å². The zero-order valence-corrected chi connectivity index (χ0v) is 14.7. The lowest BCUT2D eigenvalue weighted by Crippen LogP contribution is -2.39. The second-order valence-corrected chi connectivity index (χ2v) is 6.05. The standard InChI is InChI=1S/C19H19F2N3O3/c1-2-27-15-6-4-14(5-7-15)24-11-13(10-18(24)25)22-19(26)23-17-9-12(20)3-8-16(17)21/h3-9,13H,2,10-11H2,1H3,(H2,22,23,26)/t13-/m0/s1. The number of ether oxygens (including phenoxy) is 1. The number of nitrogens with zero attached hydrogens (tertiary/aromatic N) is 1. The van der Waals surface area contributed by atoms with Crippen LogP contribution < -0.4 is 20.3 Å². The summed E-state index contributed by atoms with van der Waals surface area (Å²) >= 11 is 0. The Bertz CT molecular complexity index is 843. The molecule has 3 amide bonds. The Balaban J connectivity index is 1.60. The van der Waals surface area contributed by atoms with E-state index in [-0.39, 0.29) is 24.6 Å². The maximum Gasteiger partial charge on any atom is 0.319 e. The van der Waals surface area contributed by atoms with Crippen molar-refractivity contribution in [1.82, 2.24) is 5.32 Å². The van der Waals surface area contributed by atoms with Gasteiger partial charge < -0.3 is 20.3 Å². The third-order valence-corrected chi connectivity index (χ3v) is 4.10. The van der Waals surface area contributed by atoms with E-state index >= 15 is 0 Å². The third kappa shape index (κ3) is 4.52. The highest BCUT2D eigenvalue weighted by molar-refractivity contribution is 5.97. The molecule has 1 saturated heterocycles. The van der Waals surface area contributed by atoms with Gasteiger partial charge >= 0.3 is 6.03 Å². The molecule has 8 heteroatoms. The second kappa shape index (κ2) is 8.03. The molecule has 2 aromatic rings. The first-order chi connectivity index (χ1) is 13.0. The van der Waals surface area contributed by atoms with Crippen LogP contribution in [0.15, 0.2) is 42.5 Å². The number of hydrogen-bond acceptors (Lipinski definition) is 3. The van der Waals surface area contributed by atoms with Gasteiger partial charge in [-0.2, -0.15) is 0 Å². The van der Waals surface area contributed by atoms with Gasteiger partial charge in [0.2, 0.25) is 5.91 Å². The molecule has 0 aromatic heterocycles. The topological polar surface area (TPSA) is 70.7 Å². The molecule has 1 atom stereocenters. The first-order valence-electron chi connectivity index (χ1n) is 8.52. The molecule has 1 aliphatic heterocycles. The summed E-state index contributed by atoms with van der Waals surface area (Å²) < 4.78 is 32.1. The Kier molecular flexibility index (Phi) is 5.54. The predicted molar refractivity (Wildman–Crippen MR) is 96.9 cm³/mol. The zero-order valence-electron chi connectivity index (χ0n) is 14.7. The first-order valence-corrected chi connectivity index (χ1v) is 8.52. The van der Waals surface area contributed by atoms with Crippen LogP contribution in [0, 0.1) is 11.6 Å². The van der Waals surface area contributed by atoms with E-state index in [0.29, 0.717) is 18.0 Å². The van der Waals surface area contributed by atoms with Crippen LogP contribution in [0.25, 0.3) is 0 Å². The van der Waals surface area contributed by atoms with Crippen molar-refractivity contribution in [3.05, 3.63) is 54.1 Å². The molecule has 0 unspecified atom stereocenters. The van der Waals surface area contributed by atoms with Gasteiger partial charge in [0.1, 0.15) is 17.4 Å². The van der Waals surface area contributed by atoms with E-state index in [2.05, 4.69) is 10.6 Å². The number of carbonyl (C=O) groups excluding carboxylic acids is 2. The predicted octanol–water partition coefficient (Wildman–Crippen LogP) is 3.29. The minimum Gasteiger partial charge on any atom is -0.494 e. The monoisotopic (exact) mass is 375 g/mol. The van der Waals surface area contributed by atoms with Gasteiger partial charge in [0.15, 0.2) is 0 Å². The van der Waals surface area contributed by atoms with Crippen LogP contribution in [0.3, 0.4) is 0 Å². The minimum atomic E-state index is -0.745. The minimum absolute atomic E-state index is 0.117. The van der Waals surface area contributed by atoms with Crippen LogP contribution in [0.4, 0.5) is 25.0 Å². The Labute approximate surface area is 155 Å². The lowest BCUT2D eigenvalue weighted by atomic mass is 10.2. The summed E-state index contributed by atoms with van der Waals surface area (Å²) in [6, 6.07) is 8.72. The Morgan fingerprint density at radius 2 is 1.96 bits per heavy atom. The number of amides is 3.